The molecule has 27 heteroatoms. The summed E-state index contributed by atoms with van der Waals surface area (Å²) >= 11 is 3.82. The number of guanidine groups is 1. The van der Waals surface area contributed by atoms with E-state index >= 15 is 0 Å². The van der Waals surface area contributed by atoms with Crippen molar-refractivity contribution in [2.24, 2.45) is 27.9 Å². The van der Waals surface area contributed by atoms with E-state index in [1.54, 1.807) is 7.05 Å². The van der Waals surface area contributed by atoms with E-state index in [0.717, 1.165) is 0 Å². The number of ether oxygens (including phenoxy) is 2. The summed E-state index contributed by atoms with van der Waals surface area (Å²) in [6.07, 6.45) is -1.40. The predicted molar refractivity (Wildman–Crippen MR) is 220 cm³/mol. The van der Waals surface area contributed by atoms with Crippen LogP contribution in [0.3, 0.4) is 0 Å². The highest BCUT2D eigenvalue weighted by atomic mass is 32.1. The molecular formula is C34H62N12O14S. The summed E-state index contributed by atoms with van der Waals surface area (Å²) in [6, 6.07) is -8.01. The SMILES string of the molecule is CNCCOCCOCCC(=O)NC(C=O)(CCCN=C(N)N)N[C@@H](CC(=O)O)C(=O)NC(CCCCN)C(=O)NC[C@H](N)C(=O)N[C@@H](CC(=O)O)C(=O)N[C@@H](CS)C(=O)O. The Morgan fingerprint density at radius 1 is 0.787 bits per heavy atom. The number of nitrogens with two attached hydrogens (primary N) is 4. The molecule has 0 heterocycles. The van der Waals surface area contributed by atoms with Gasteiger partial charge in [-0.05, 0) is 45.7 Å². The number of carboxylic acid groups (broad SMARTS) is 3. The number of nitrogens with one attached hydrogen (secondary N) is 7. The Hall–Kier alpha value is -5.19. The highest BCUT2D eigenvalue weighted by Crippen LogP contribution is 2.13. The Balaban J connectivity index is 6.10. The van der Waals surface area contributed by atoms with E-state index in [0.29, 0.717) is 19.6 Å². The smallest absolute Gasteiger partial charge is 0.327 e. The number of thiol groups is 1. The minimum absolute atomic E-state index is 0.0137. The maximum Gasteiger partial charge on any atom is 0.327 e. The Bertz CT molecular complexity index is 1470. The third kappa shape index (κ3) is 25.2. The molecule has 0 saturated heterocycles. The molecule has 0 aliphatic carbocycles. The van der Waals surface area contributed by atoms with Crippen LogP contribution in [-0.2, 0) is 52.6 Å². The van der Waals surface area contributed by atoms with E-state index in [1.165, 1.54) is 0 Å². The van der Waals surface area contributed by atoms with Gasteiger partial charge in [-0.15, -0.1) is 0 Å². The van der Waals surface area contributed by atoms with Crippen molar-refractivity contribution in [3.8, 4) is 0 Å². The first kappa shape index (κ1) is 55.8. The van der Waals surface area contributed by atoms with E-state index < -0.39 is 103 Å². The zero-order valence-electron chi connectivity index (χ0n) is 34.0. The molecule has 0 rings (SSSR count). The molecule has 348 valence electrons. The van der Waals surface area contributed by atoms with Crippen molar-refractivity contribution in [1.82, 2.24) is 37.2 Å². The summed E-state index contributed by atoms with van der Waals surface area (Å²) in [6.45, 7) is 1.01. The van der Waals surface area contributed by atoms with Crippen LogP contribution in [0.15, 0.2) is 4.99 Å². The number of likely N-dealkylation sites (N-methyl/N-ethyl adjacent to an activating group) is 1. The molecule has 6 atom stereocenters. The van der Waals surface area contributed by atoms with Gasteiger partial charge in [-0.3, -0.25) is 48.7 Å². The second-order valence-corrected chi connectivity index (χ2v) is 13.7. The number of amides is 5. The lowest BCUT2D eigenvalue weighted by molar-refractivity contribution is -0.143. The summed E-state index contributed by atoms with van der Waals surface area (Å²) in [7, 11) is 1.77. The average molecular weight is 895 g/mol. The molecule has 5 amide bonds. The van der Waals surface area contributed by atoms with Crippen molar-refractivity contribution in [1.29, 1.82) is 0 Å². The molecular weight excluding hydrogens is 833 g/mol. The van der Waals surface area contributed by atoms with Crippen LogP contribution >= 0.6 is 12.6 Å². The average Bonchev–Trinajstić information content (AvgIpc) is 3.19. The molecule has 2 unspecified atom stereocenters. The van der Waals surface area contributed by atoms with Crippen molar-refractivity contribution in [2.45, 2.75) is 87.2 Å². The summed E-state index contributed by atoms with van der Waals surface area (Å²) in [5, 5.41) is 45.1. The fourth-order valence-corrected chi connectivity index (χ4v) is 5.35. The molecule has 26 nitrogen and oxygen atoms in total. The fraction of sp³-hybridized carbons (Fsp3) is 0.706. The molecule has 0 fully saturated rings. The monoisotopic (exact) mass is 894 g/mol. The largest absolute Gasteiger partial charge is 0.481 e. The zero-order chi connectivity index (χ0) is 46.4. The minimum Gasteiger partial charge on any atom is -0.481 e. The molecule has 0 aliphatic rings. The second-order valence-electron chi connectivity index (χ2n) is 13.4. The molecule has 0 aromatic carbocycles. The van der Waals surface area contributed by atoms with Crippen molar-refractivity contribution in [2.75, 3.05) is 65.4 Å². The van der Waals surface area contributed by atoms with Crippen LogP contribution in [0.1, 0.15) is 51.4 Å². The topological polar surface area (TPSA) is 433 Å². The molecule has 0 saturated carbocycles. The van der Waals surface area contributed by atoms with Gasteiger partial charge < -0.3 is 79.6 Å². The van der Waals surface area contributed by atoms with Gasteiger partial charge in [0.15, 0.2) is 12.2 Å². The van der Waals surface area contributed by atoms with Crippen LogP contribution in [0, 0.1) is 0 Å². The molecule has 0 aliphatic heterocycles. The van der Waals surface area contributed by atoms with Gasteiger partial charge in [0.2, 0.25) is 29.5 Å². The lowest BCUT2D eigenvalue weighted by atomic mass is 10.0. The molecule has 0 spiro atoms. The van der Waals surface area contributed by atoms with Gasteiger partial charge in [-0.25, -0.2) is 4.79 Å². The van der Waals surface area contributed by atoms with Crippen molar-refractivity contribution in [3.63, 3.8) is 0 Å². The maximum absolute atomic E-state index is 13.7. The molecule has 0 aromatic rings. The standard InChI is InChI=1S/C34H62N12O14S/c1-39-10-12-60-14-13-59-11-6-25(48)46-34(19-47,7-4-9-40-33(37)38)45-23(16-27(51)52)31(56)42-21(5-2-3-8-35)29(54)41-17-20(36)28(53)43-22(15-26(49)50)30(55)44-24(18-61)32(57)58/h19-24,39,45,61H,2-18,35-36H2,1H3,(H,41,54)(H,42,56)(H,43,53)(H,44,55)(H,46,48)(H,49,50)(H,51,52)(H,57,58)(H4,37,38,40)/t20-,21?,22-,23-,24-,34?/m0/s1. The van der Waals surface area contributed by atoms with Crippen LogP contribution in [0.2, 0.25) is 0 Å². The summed E-state index contributed by atoms with van der Waals surface area (Å²) in [5.41, 5.74) is 20.3. The molecule has 0 radical (unpaired) electrons. The lowest BCUT2D eigenvalue weighted by Crippen LogP contribution is -2.66. The summed E-state index contributed by atoms with van der Waals surface area (Å²) in [5.74, 6) is -10.0. The minimum atomic E-state index is -2.04. The Morgan fingerprint density at radius 3 is 1.93 bits per heavy atom. The number of carbonyl (C=O) groups is 9. The number of aliphatic carboxylic acids is 3. The number of aldehydes is 1. The summed E-state index contributed by atoms with van der Waals surface area (Å²) < 4.78 is 10.8. The van der Waals surface area contributed by atoms with Gasteiger partial charge in [0, 0.05) is 25.4 Å². The first-order valence-electron chi connectivity index (χ1n) is 19.2. The number of nitrogens with zero attached hydrogens (tertiary/aromatic N) is 1. The van der Waals surface area contributed by atoms with E-state index in [1.807, 2.05) is 5.32 Å². The van der Waals surface area contributed by atoms with Gasteiger partial charge in [-0.1, -0.05) is 0 Å². The normalized spacial score (nSPS) is 14.4. The number of carboxylic acids is 3. The van der Waals surface area contributed by atoms with Gasteiger partial charge in [0.1, 0.15) is 29.8 Å². The van der Waals surface area contributed by atoms with Crippen LogP contribution in [0.25, 0.3) is 0 Å². The number of aliphatic imine (C=N–C) groups is 1. The van der Waals surface area contributed by atoms with Gasteiger partial charge in [-0.2, -0.15) is 12.6 Å². The number of hydrogen-bond donors (Lipinski definition) is 15. The van der Waals surface area contributed by atoms with Crippen molar-refractivity contribution >= 4 is 72.3 Å². The molecule has 61 heavy (non-hydrogen) atoms. The fourth-order valence-electron chi connectivity index (χ4n) is 5.11. The first-order valence-corrected chi connectivity index (χ1v) is 19.8. The Kier molecular flexibility index (Phi) is 29.0. The van der Waals surface area contributed by atoms with Crippen molar-refractivity contribution < 1.29 is 67.9 Å². The second kappa shape index (κ2) is 31.7. The van der Waals surface area contributed by atoms with Crippen molar-refractivity contribution in [3.05, 3.63) is 0 Å². The van der Waals surface area contributed by atoms with E-state index in [4.69, 9.17) is 32.4 Å². The van der Waals surface area contributed by atoms with Crippen LogP contribution < -0.4 is 60.2 Å². The van der Waals surface area contributed by atoms with Crippen LogP contribution in [0.4, 0.5) is 0 Å². The van der Waals surface area contributed by atoms with Gasteiger partial charge in [0.25, 0.3) is 0 Å². The Labute approximate surface area is 357 Å². The van der Waals surface area contributed by atoms with E-state index in [-0.39, 0.29) is 83.0 Å². The lowest BCUT2D eigenvalue weighted by Gasteiger charge is -2.34. The van der Waals surface area contributed by atoms with Crippen LogP contribution in [-0.4, -0.2) is 176 Å². The number of carbonyl (C=O) groups excluding carboxylic acids is 6. The van der Waals surface area contributed by atoms with E-state index in [2.05, 4.69) is 49.5 Å². The third-order valence-corrected chi connectivity index (χ3v) is 8.64. The van der Waals surface area contributed by atoms with E-state index in [9.17, 15) is 58.5 Å². The quantitative estimate of drug-likeness (QED) is 0.00694. The number of hydrogen-bond acceptors (Lipinski definition) is 17. The van der Waals surface area contributed by atoms with Crippen LogP contribution in [0.5, 0.6) is 0 Å². The highest BCUT2D eigenvalue weighted by Gasteiger charge is 2.38. The number of rotatable bonds is 36. The summed E-state index contributed by atoms with van der Waals surface area (Å²) in [4.78, 5) is 117. The van der Waals surface area contributed by atoms with Gasteiger partial charge >= 0.3 is 17.9 Å². The Morgan fingerprint density at radius 2 is 1.38 bits per heavy atom. The molecule has 0 bridgehead atoms. The van der Waals surface area contributed by atoms with Gasteiger partial charge in [0.05, 0.1) is 51.7 Å². The zero-order valence-corrected chi connectivity index (χ0v) is 34.9. The molecule has 0 aromatic heterocycles. The first-order chi connectivity index (χ1) is 28.8. The number of unbranched alkanes of at least 4 members (excludes halogenated alkanes) is 1. The predicted octanol–water partition coefficient (Wildman–Crippen LogP) is -6.36. The third-order valence-electron chi connectivity index (χ3n) is 8.28. The maximum atomic E-state index is 13.7. The highest BCUT2D eigenvalue weighted by molar-refractivity contribution is 7.80. The molecule has 18 N–H and O–H groups in total.